The van der Waals surface area contributed by atoms with Crippen LogP contribution in [0.25, 0.3) is 0 Å². The van der Waals surface area contributed by atoms with Gasteiger partial charge in [0.25, 0.3) is 0 Å². The highest BCUT2D eigenvalue weighted by Crippen LogP contribution is 2.35. The molecule has 0 aromatic rings. The van der Waals surface area contributed by atoms with Crippen LogP contribution in [-0.4, -0.2) is 34.8 Å². The number of ether oxygens (including phenoxy) is 1. The van der Waals surface area contributed by atoms with Crippen LogP contribution < -0.4 is 0 Å². The van der Waals surface area contributed by atoms with Gasteiger partial charge in [0.15, 0.2) is 12.4 Å². The topological polar surface area (TPSA) is 110 Å². The van der Waals surface area contributed by atoms with E-state index in [0.717, 1.165) is 38.5 Å². The minimum absolute atomic E-state index is 0.233. The van der Waals surface area contributed by atoms with Gasteiger partial charge in [-0.1, -0.05) is 63.3 Å². The van der Waals surface area contributed by atoms with Crippen molar-refractivity contribution in [3.8, 4) is 0 Å². The minimum Gasteiger partial charge on any atom is -0.458 e. The molecule has 168 valence electrons. The number of phosphoric ester groups is 1. The highest BCUT2D eigenvalue weighted by molar-refractivity contribution is 7.46. The van der Waals surface area contributed by atoms with E-state index >= 15 is 0 Å². The maximum absolute atomic E-state index is 11.5. The number of allylic oxidation sites excluding steroid dienone is 4. The molecule has 0 aliphatic carbocycles. The molecule has 0 aromatic heterocycles. The molecule has 8 heteroatoms. The standard InChI is InChI=1S/C21H37O7P/c1-2-3-4-5-6-7-8-9-10-11-12-13-14-15-16-17-21(23)27-18-20(22)19-28-29(24,25)26/h6-7,9-10H,2-5,8,11-19H2,1H3,(H2,24,25,26)/b7-6-,10-9-. The zero-order valence-electron chi connectivity index (χ0n) is 17.6. The summed E-state index contributed by atoms with van der Waals surface area (Å²) in [6.45, 7) is 0.908. The summed E-state index contributed by atoms with van der Waals surface area (Å²) in [4.78, 5) is 39.7. The van der Waals surface area contributed by atoms with Crippen LogP contribution in [0.15, 0.2) is 24.3 Å². The summed E-state index contributed by atoms with van der Waals surface area (Å²) in [5.41, 5.74) is 0. The number of carbonyl (C=O) groups excluding carboxylic acids is 2. The van der Waals surface area contributed by atoms with Crippen molar-refractivity contribution < 1.29 is 33.2 Å². The molecule has 0 heterocycles. The Morgan fingerprint density at radius 3 is 2.03 bits per heavy atom. The second-order valence-corrected chi connectivity index (χ2v) is 8.18. The molecule has 0 saturated heterocycles. The van der Waals surface area contributed by atoms with Crippen LogP contribution in [0.3, 0.4) is 0 Å². The average Bonchev–Trinajstić information content (AvgIpc) is 2.67. The van der Waals surface area contributed by atoms with E-state index in [0.29, 0.717) is 6.42 Å². The number of rotatable bonds is 19. The van der Waals surface area contributed by atoms with E-state index in [2.05, 4.69) is 35.8 Å². The number of Topliss-reactive ketones (excluding diaryl/α,β-unsaturated/α-hetero) is 1. The SMILES string of the molecule is CCCCC/C=C\C/C=C\CCCCCCCC(=O)OCC(=O)COP(=O)(O)O. The number of carbonyl (C=O) groups is 2. The molecule has 7 nitrogen and oxygen atoms in total. The maximum Gasteiger partial charge on any atom is 0.470 e. The fourth-order valence-corrected chi connectivity index (χ4v) is 2.82. The van der Waals surface area contributed by atoms with Gasteiger partial charge in [-0.2, -0.15) is 0 Å². The number of hydrogen-bond acceptors (Lipinski definition) is 5. The van der Waals surface area contributed by atoms with E-state index in [1.807, 2.05) is 0 Å². The van der Waals surface area contributed by atoms with E-state index < -0.39 is 32.8 Å². The van der Waals surface area contributed by atoms with Gasteiger partial charge in [0.2, 0.25) is 0 Å². The van der Waals surface area contributed by atoms with Gasteiger partial charge in [-0.05, 0) is 38.5 Å². The quantitative estimate of drug-likeness (QED) is 0.128. The Balaban J connectivity index is 3.45. The van der Waals surface area contributed by atoms with Crippen LogP contribution in [0.4, 0.5) is 0 Å². The molecule has 2 N–H and O–H groups in total. The molecule has 0 aromatic carbocycles. The van der Waals surface area contributed by atoms with Crippen LogP contribution in [0.5, 0.6) is 0 Å². The summed E-state index contributed by atoms with van der Waals surface area (Å²) < 4.78 is 19.2. The van der Waals surface area contributed by atoms with Crippen LogP contribution in [-0.2, 0) is 23.4 Å². The first-order valence-electron chi connectivity index (χ1n) is 10.5. The second kappa shape index (κ2) is 18.7. The zero-order valence-corrected chi connectivity index (χ0v) is 18.5. The van der Waals surface area contributed by atoms with Gasteiger partial charge in [0.05, 0.1) is 0 Å². The fraction of sp³-hybridized carbons (Fsp3) is 0.714. The number of esters is 1. The van der Waals surface area contributed by atoms with E-state index in [1.165, 1.54) is 25.7 Å². The van der Waals surface area contributed by atoms with Crippen molar-refractivity contribution in [2.75, 3.05) is 13.2 Å². The lowest BCUT2D eigenvalue weighted by molar-refractivity contribution is -0.148. The summed E-state index contributed by atoms with van der Waals surface area (Å²) in [5.74, 6) is -1.18. The van der Waals surface area contributed by atoms with Gasteiger partial charge in [0.1, 0.15) is 6.61 Å². The lowest BCUT2D eigenvalue weighted by Gasteiger charge is -2.06. The monoisotopic (exact) mass is 432 g/mol. The van der Waals surface area contributed by atoms with Gasteiger partial charge in [-0.15, -0.1) is 0 Å². The van der Waals surface area contributed by atoms with E-state index in [-0.39, 0.29) is 6.42 Å². The Labute approximate surface area is 174 Å². The molecule has 0 atom stereocenters. The zero-order chi connectivity index (χ0) is 21.8. The number of ketones is 1. The third-order valence-corrected chi connectivity index (χ3v) is 4.58. The molecule has 0 fully saturated rings. The summed E-state index contributed by atoms with van der Waals surface area (Å²) in [6.07, 6.45) is 21.2. The normalized spacial score (nSPS) is 12.1. The van der Waals surface area contributed by atoms with Crippen LogP contribution in [0, 0.1) is 0 Å². The van der Waals surface area contributed by atoms with E-state index in [9.17, 15) is 14.2 Å². The molecule has 0 unspecified atom stereocenters. The highest BCUT2D eigenvalue weighted by atomic mass is 31.2. The first kappa shape index (κ1) is 27.7. The van der Waals surface area contributed by atoms with Crippen molar-refractivity contribution >= 4 is 19.6 Å². The molecule has 29 heavy (non-hydrogen) atoms. The lowest BCUT2D eigenvalue weighted by Crippen LogP contribution is -2.17. The summed E-state index contributed by atoms with van der Waals surface area (Å²) in [5, 5.41) is 0. The third-order valence-electron chi connectivity index (χ3n) is 4.12. The Morgan fingerprint density at radius 1 is 0.828 bits per heavy atom. The van der Waals surface area contributed by atoms with Crippen molar-refractivity contribution in [3.63, 3.8) is 0 Å². The number of phosphoric acid groups is 1. The van der Waals surface area contributed by atoms with Crippen molar-refractivity contribution in [2.24, 2.45) is 0 Å². The predicted octanol–water partition coefficient (Wildman–Crippen LogP) is 5.02. The van der Waals surface area contributed by atoms with Gasteiger partial charge < -0.3 is 14.5 Å². The molecular formula is C21H37O7P. The van der Waals surface area contributed by atoms with Crippen molar-refractivity contribution in [3.05, 3.63) is 24.3 Å². The molecule has 0 bridgehead atoms. The summed E-state index contributed by atoms with van der Waals surface area (Å²) in [6, 6.07) is 0. The van der Waals surface area contributed by atoms with Crippen LogP contribution in [0.2, 0.25) is 0 Å². The van der Waals surface area contributed by atoms with Gasteiger partial charge >= 0.3 is 13.8 Å². The average molecular weight is 432 g/mol. The van der Waals surface area contributed by atoms with E-state index in [4.69, 9.17) is 14.5 Å². The maximum atomic E-state index is 11.5. The number of unbranched alkanes of at least 4 members (excludes halogenated alkanes) is 8. The Bertz CT molecular complexity index is 537. The van der Waals surface area contributed by atoms with Crippen molar-refractivity contribution in [1.29, 1.82) is 0 Å². The lowest BCUT2D eigenvalue weighted by atomic mass is 10.1. The predicted molar refractivity (Wildman–Crippen MR) is 113 cm³/mol. The first-order valence-corrected chi connectivity index (χ1v) is 12.1. The van der Waals surface area contributed by atoms with Crippen molar-refractivity contribution in [1.82, 2.24) is 0 Å². The second-order valence-electron chi connectivity index (χ2n) is 6.94. The molecule has 0 rings (SSSR count). The van der Waals surface area contributed by atoms with Crippen LogP contribution in [0.1, 0.15) is 84.0 Å². The largest absolute Gasteiger partial charge is 0.470 e. The third kappa shape index (κ3) is 22.9. The molecule has 0 amide bonds. The smallest absolute Gasteiger partial charge is 0.458 e. The molecule has 0 saturated carbocycles. The fourth-order valence-electron chi connectivity index (χ4n) is 2.51. The Morgan fingerprint density at radius 2 is 1.41 bits per heavy atom. The van der Waals surface area contributed by atoms with E-state index in [1.54, 1.807) is 0 Å². The van der Waals surface area contributed by atoms with Gasteiger partial charge in [0, 0.05) is 6.42 Å². The first-order chi connectivity index (χ1) is 13.8. The highest BCUT2D eigenvalue weighted by Gasteiger charge is 2.17. The van der Waals surface area contributed by atoms with Crippen molar-refractivity contribution in [2.45, 2.75) is 84.0 Å². The molecular weight excluding hydrogens is 395 g/mol. The minimum atomic E-state index is -4.68. The summed E-state index contributed by atoms with van der Waals surface area (Å²) in [7, 11) is -4.68. The molecule has 0 aliphatic rings. The van der Waals surface area contributed by atoms with Gasteiger partial charge in [-0.3, -0.25) is 14.1 Å². The molecule has 0 aliphatic heterocycles. The Hall–Kier alpha value is -1.27. The molecule has 0 radical (unpaired) electrons. The summed E-state index contributed by atoms with van der Waals surface area (Å²) >= 11 is 0. The molecule has 0 spiro atoms. The van der Waals surface area contributed by atoms with Crippen LogP contribution >= 0.6 is 7.82 Å². The number of hydrogen-bond donors (Lipinski definition) is 2. The van der Waals surface area contributed by atoms with Gasteiger partial charge in [-0.25, -0.2) is 4.57 Å². The Kier molecular flexibility index (Phi) is 17.9.